The van der Waals surface area contributed by atoms with E-state index in [1.807, 2.05) is 48.5 Å². The van der Waals surface area contributed by atoms with Crippen molar-refractivity contribution in [1.29, 1.82) is 0 Å². The molecule has 0 aliphatic rings. The Morgan fingerprint density at radius 3 is 2.78 bits per heavy atom. The van der Waals surface area contributed by atoms with Crippen molar-refractivity contribution in [2.75, 3.05) is 0 Å². The number of halogens is 1. The highest BCUT2D eigenvalue weighted by Crippen LogP contribution is 2.27. The molecule has 4 heteroatoms. The molecule has 1 heterocycles. The molecule has 0 fully saturated rings. The highest BCUT2D eigenvalue weighted by atomic mass is 127. The highest BCUT2D eigenvalue weighted by molar-refractivity contribution is 14.1. The first kappa shape index (κ1) is 11.4. The second-order valence-electron chi connectivity index (χ2n) is 3.80. The van der Waals surface area contributed by atoms with Crippen molar-refractivity contribution >= 4 is 33.4 Å². The Bertz CT molecular complexity index is 695. The quantitative estimate of drug-likeness (QED) is 0.656. The van der Waals surface area contributed by atoms with Crippen LogP contribution < -0.4 is 4.74 Å². The van der Waals surface area contributed by atoms with E-state index in [1.54, 1.807) is 6.20 Å². The summed E-state index contributed by atoms with van der Waals surface area (Å²) in [6.07, 6.45) is 1.73. The predicted molar refractivity (Wildman–Crippen MR) is 78.8 cm³/mol. The summed E-state index contributed by atoms with van der Waals surface area (Å²) in [5, 5.41) is 10.00. The maximum Gasteiger partial charge on any atom is 0.246 e. The van der Waals surface area contributed by atoms with E-state index in [-0.39, 0.29) is 0 Å². The van der Waals surface area contributed by atoms with Gasteiger partial charge in [-0.1, -0.05) is 24.3 Å². The van der Waals surface area contributed by atoms with Gasteiger partial charge in [0.05, 0.1) is 6.20 Å². The number of rotatable bonds is 2. The van der Waals surface area contributed by atoms with E-state index in [0.717, 1.165) is 20.1 Å². The van der Waals surface area contributed by atoms with Crippen LogP contribution in [-0.4, -0.2) is 10.2 Å². The second-order valence-corrected chi connectivity index (χ2v) is 5.04. The largest absolute Gasteiger partial charge is 0.437 e. The summed E-state index contributed by atoms with van der Waals surface area (Å²) in [4.78, 5) is 0. The minimum Gasteiger partial charge on any atom is -0.437 e. The Morgan fingerprint density at radius 1 is 1.00 bits per heavy atom. The molecule has 0 unspecified atom stereocenters. The first-order chi connectivity index (χ1) is 8.83. The van der Waals surface area contributed by atoms with Gasteiger partial charge in [-0.3, -0.25) is 0 Å². The number of benzene rings is 2. The second kappa shape index (κ2) is 4.89. The van der Waals surface area contributed by atoms with Gasteiger partial charge in [0, 0.05) is 14.3 Å². The molecule has 3 nitrogen and oxygen atoms in total. The van der Waals surface area contributed by atoms with Gasteiger partial charge in [-0.05, 0) is 46.9 Å². The molecule has 0 atom stereocenters. The Hall–Kier alpha value is -1.69. The van der Waals surface area contributed by atoms with Crippen LogP contribution in [0.15, 0.2) is 54.7 Å². The molecule has 1 aromatic heterocycles. The van der Waals surface area contributed by atoms with Crippen molar-refractivity contribution in [3.05, 3.63) is 58.3 Å². The van der Waals surface area contributed by atoms with E-state index in [4.69, 9.17) is 4.74 Å². The van der Waals surface area contributed by atoms with E-state index in [0.29, 0.717) is 5.88 Å². The Labute approximate surface area is 118 Å². The molecule has 18 heavy (non-hydrogen) atoms. The molecular formula is C14H9IN2O. The fourth-order valence-corrected chi connectivity index (χ4v) is 2.23. The molecule has 0 spiro atoms. The molecule has 0 amide bonds. The summed E-state index contributed by atoms with van der Waals surface area (Å²) < 4.78 is 6.92. The third-order valence-corrected chi connectivity index (χ3v) is 3.22. The van der Waals surface area contributed by atoms with Gasteiger partial charge in [-0.2, -0.15) is 5.10 Å². The molecule has 0 radical (unpaired) electrons. The lowest BCUT2D eigenvalue weighted by molar-refractivity contribution is 0.461. The Kier molecular flexibility index (Phi) is 3.10. The summed E-state index contributed by atoms with van der Waals surface area (Å²) in [6.45, 7) is 0. The van der Waals surface area contributed by atoms with Crippen LogP contribution in [0.2, 0.25) is 0 Å². The molecule has 0 aliphatic carbocycles. The van der Waals surface area contributed by atoms with Crippen molar-refractivity contribution in [2.24, 2.45) is 0 Å². The Balaban J connectivity index is 2.05. The van der Waals surface area contributed by atoms with Crippen LogP contribution in [-0.2, 0) is 0 Å². The minimum absolute atomic E-state index is 0.537. The first-order valence-electron chi connectivity index (χ1n) is 5.47. The number of hydrogen-bond acceptors (Lipinski definition) is 3. The van der Waals surface area contributed by atoms with Crippen LogP contribution >= 0.6 is 22.6 Å². The monoisotopic (exact) mass is 348 g/mol. The molecule has 0 saturated heterocycles. The number of hydrogen-bond donors (Lipinski definition) is 0. The average molecular weight is 348 g/mol. The zero-order valence-electron chi connectivity index (χ0n) is 9.38. The van der Waals surface area contributed by atoms with E-state index in [1.165, 1.54) is 0 Å². The molecule has 3 rings (SSSR count). The fourth-order valence-electron chi connectivity index (χ4n) is 1.72. The molecule has 0 bridgehead atoms. The van der Waals surface area contributed by atoms with E-state index >= 15 is 0 Å². The van der Waals surface area contributed by atoms with Gasteiger partial charge in [0.1, 0.15) is 5.75 Å². The molecule has 88 valence electrons. The highest BCUT2D eigenvalue weighted by Gasteiger charge is 2.05. The van der Waals surface area contributed by atoms with Gasteiger partial charge in [0.15, 0.2) is 0 Å². The minimum atomic E-state index is 0.537. The van der Waals surface area contributed by atoms with E-state index in [2.05, 4.69) is 32.8 Å². The van der Waals surface area contributed by atoms with Crippen LogP contribution in [0.1, 0.15) is 0 Å². The van der Waals surface area contributed by atoms with Crippen molar-refractivity contribution in [1.82, 2.24) is 10.2 Å². The first-order valence-corrected chi connectivity index (χ1v) is 6.55. The summed E-state index contributed by atoms with van der Waals surface area (Å²) in [6, 6.07) is 15.7. The zero-order chi connectivity index (χ0) is 12.4. The lowest BCUT2D eigenvalue weighted by atomic mass is 10.2. The van der Waals surface area contributed by atoms with Crippen molar-refractivity contribution in [3.63, 3.8) is 0 Å². The maximum atomic E-state index is 5.79. The predicted octanol–water partition coefficient (Wildman–Crippen LogP) is 4.03. The van der Waals surface area contributed by atoms with E-state index < -0.39 is 0 Å². The molecule has 0 N–H and O–H groups in total. The lowest BCUT2D eigenvalue weighted by Crippen LogP contribution is -1.91. The van der Waals surface area contributed by atoms with Crippen LogP contribution in [0.5, 0.6) is 11.6 Å². The standard InChI is InChI=1S/C14H9IN2O/c15-11-5-3-6-12(8-11)18-14-13-7-2-1-4-10(13)9-16-17-14/h1-9H. The molecular weight excluding hydrogens is 339 g/mol. The van der Waals surface area contributed by atoms with Crippen molar-refractivity contribution in [2.45, 2.75) is 0 Å². The third-order valence-electron chi connectivity index (χ3n) is 2.55. The summed E-state index contributed by atoms with van der Waals surface area (Å²) >= 11 is 2.25. The maximum absolute atomic E-state index is 5.79. The number of nitrogens with zero attached hydrogens (tertiary/aromatic N) is 2. The van der Waals surface area contributed by atoms with Gasteiger partial charge in [0.2, 0.25) is 5.88 Å². The summed E-state index contributed by atoms with van der Waals surface area (Å²) in [5.41, 5.74) is 0. The van der Waals surface area contributed by atoms with Gasteiger partial charge in [0.25, 0.3) is 0 Å². The van der Waals surface area contributed by atoms with Crippen molar-refractivity contribution < 1.29 is 4.74 Å². The SMILES string of the molecule is Ic1cccc(Oc2nncc3ccccc23)c1. The fraction of sp³-hybridized carbons (Fsp3) is 0. The molecule has 3 aromatic rings. The summed E-state index contributed by atoms with van der Waals surface area (Å²) in [5.74, 6) is 1.31. The van der Waals surface area contributed by atoms with Crippen LogP contribution in [0.3, 0.4) is 0 Å². The van der Waals surface area contributed by atoms with Gasteiger partial charge >= 0.3 is 0 Å². The van der Waals surface area contributed by atoms with E-state index in [9.17, 15) is 0 Å². The molecule has 0 saturated carbocycles. The van der Waals surface area contributed by atoms with Crippen LogP contribution in [0.4, 0.5) is 0 Å². The third kappa shape index (κ3) is 2.28. The van der Waals surface area contributed by atoms with Crippen LogP contribution in [0, 0.1) is 3.57 Å². The van der Waals surface area contributed by atoms with Gasteiger partial charge in [-0.15, -0.1) is 5.10 Å². The lowest BCUT2D eigenvalue weighted by Gasteiger charge is -2.06. The number of ether oxygens (including phenoxy) is 1. The number of aromatic nitrogens is 2. The zero-order valence-corrected chi connectivity index (χ0v) is 11.5. The topological polar surface area (TPSA) is 35.0 Å². The smallest absolute Gasteiger partial charge is 0.246 e. The average Bonchev–Trinajstić information content (AvgIpc) is 2.39. The molecule has 0 aliphatic heterocycles. The van der Waals surface area contributed by atoms with Crippen molar-refractivity contribution in [3.8, 4) is 11.6 Å². The normalized spacial score (nSPS) is 10.5. The molecule has 2 aromatic carbocycles. The van der Waals surface area contributed by atoms with Gasteiger partial charge in [-0.25, -0.2) is 0 Å². The number of fused-ring (bicyclic) bond motifs is 1. The van der Waals surface area contributed by atoms with Gasteiger partial charge < -0.3 is 4.74 Å². The Morgan fingerprint density at radius 2 is 1.89 bits per heavy atom. The summed E-state index contributed by atoms with van der Waals surface area (Å²) in [7, 11) is 0. The van der Waals surface area contributed by atoms with Crippen LogP contribution in [0.25, 0.3) is 10.8 Å².